The van der Waals surface area contributed by atoms with Crippen LogP contribution in [0.25, 0.3) is 5.57 Å². The number of nitrogens with two attached hydrogens (primary N) is 1. The molecule has 0 bridgehead atoms. The fourth-order valence-corrected chi connectivity index (χ4v) is 2.12. The van der Waals surface area contributed by atoms with Crippen molar-refractivity contribution in [2.24, 2.45) is 5.92 Å². The Morgan fingerprint density at radius 2 is 1.93 bits per heavy atom. The molecule has 0 aromatic heterocycles. The molecular formula is C13H17N. The molecule has 1 aliphatic rings. The Morgan fingerprint density at radius 3 is 2.57 bits per heavy atom. The molecule has 0 saturated heterocycles. The van der Waals surface area contributed by atoms with E-state index in [1.807, 2.05) is 12.1 Å². The molecule has 1 atom stereocenters. The smallest absolute Gasteiger partial charge is 0.0314 e. The van der Waals surface area contributed by atoms with Gasteiger partial charge >= 0.3 is 0 Å². The summed E-state index contributed by atoms with van der Waals surface area (Å²) in [5.74, 6) is 0.701. The lowest BCUT2D eigenvalue weighted by molar-refractivity contribution is 0.601. The molecule has 2 N–H and O–H groups in total. The van der Waals surface area contributed by atoms with E-state index in [-0.39, 0.29) is 0 Å². The maximum atomic E-state index is 5.67. The summed E-state index contributed by atoms with van der Waals surface area (Å²) in [6.45, 7) is 2.31. The summed E-state index contributed by atoms with van der Waals surface area (Å²) >= 11 is 0. The predicted molar refractivity (Wildman–Crippen MR) is 61.8 cm³/mol. The maximum absolute atomic E-state index is 5.67. The van der Waals surface area contributed by atoms with Crippen LogP contribution in [0, 0.1) is 5.92 Å². The lowest BCUT2D eigenvalue weighted by atomic mass is 9.85. The van der Waals surface area contributed by atoms with Crippen LogP contribution in [0.5, 0.6) is 0 Å². The highest BCUT2D eigenvalue weighted by Gasteiger charge is 2.13. The van der Waals surface area contributed by atoms with E-state index in [1.54, 1.807) is 0 Å². The van der Waals surface area contributed by atoms with Crippen molar-refractivity contribution in [1.29, 1.82) is 0 Å². The second kappa shape index (κ2) is 3.87. The first kappa shape index (κ1) is 9.32. The maximum Gasteiger partial charge on any atom is 0.0314 e. The molecular weight excluding hydrogens is 170 g/mol. The van der Waals surface area contributed by atoms with Crippen molar-refractivity contribution < 1.29 is 0 Å². The van der Waals surface area contributed by atoms with Crippen LogP contribution >= 0.6 is 0 Å². The first-order valence-electron chi connectivity index (χ1n) is 5.33. The van der Waals surface area contributed by atoms with Crippen molar-refractivity contribution in [3.8, 4) is 0 Å². The van der Waals surface area contributed by atoms with Crippen LogP contribution in [0.3, 0.4) is 0 Å². The zero-order chi connectivity index (χ0) is 9.97. The van der Waals surface area contributed by atoms with E-state index in [2.05, 4.69) is 25.1 Å². The average Bonchev–Trinajstić information content (AvgIpc) is 2.20. The van der Waals surface area contributed by atoms with E-state index < -0.39 is 0 Å². The van der Waals surface area contributed by atoms with Crippen LogP contribution < -0.4 is 5.73 Å². The van der Waals surface area contributed by atoms with Crippen molar-refractivity contribution >= 4 is 11.3 Å². The van der Waals surface area contributed by atoms with Gasteiger partial charge in [-0.15, -0.1) is 0 Å². The summed E-state index contributed by atoms with van der Waals surface area (Å²) in [5.41, 5.74) is 9.35. The molecule has 2 rings (SSSR count). The molecule has 1 aromatic rings. The molecule has 0 aliphatic heterocycles. The van der Waals surface area contributed by atoms with Crippen LogP contribution in [-0.2, 0) is 0 Å². The first-order valence-corrected chi connectivity index (χ1v) is 5.33. The topological polar surface area (TPSA) is 26.0 Å². The largest absolute Gasteiger partial charge is 0.399 e. The summed E-state index contributed by atoms with van der Waals surface area (Å²) in [5, 5.41) is 0. The minimum Gasteiger partial charge on any atom is -0.399 e. The van der Waals surface area contributed by atoms with Crippen LogP contribution in [-0.4, -0.2) is 0 Å². The Balaban J connectivity index is 2.29. The molecule has 0 spiro atoms. The van der Waals surface area contributed by atoms with E-state index in [0.29, 0.717) is 5.92 Å². The molecule has 74 valence electrons. The van der Waals surface area contributed by atoms with Gasteiger partial charge in [0, 0.05) is 5.69 Å². The van der Waals surface area contributed by atoms with Gasteiger partial charge in [-0.1, -0.05) is 25.1 Å². The third-order valence-electron chi connectivity index (χ3n) is 2.98. The van der Waals surface area contributed by atoms with E-state index >= 15 is 0 Å². The second-order valence-electron chi connectivity index (χ2n) is 4.11. The van der Waals surface area contributed by atoms with Gasteiger partial charge in [0.15, 0.2) is 0 Å². The Morgan fingerprint density at radius 1 is 1.21 bits per heavy atom. The number of anilines is 1. The highest BCUT2D eigenvalue weighted by Crippen LogP contribution is 2.32. The summed E-state index contributed by atoms with van der Waals surface area (Å²) < 4.78 is 0. The molecule has 0 amide bonds. The molecule has 0 saturated carbocycles. The normalized spacial score (nSPS) is 21.8. The Labute approximate surface area is 85.6 Å². The van der Waals surface area contributed by atoms with Gasteiger partial charge in [-0.25, -0.2) is 0 Å². The second-order valence-corrected chi connectivity index (χ2v) is 4.11. The summed E-state index contributed by atoms with van der Waals surface area (Å²) in [6.07, 6.45) is 6.25. The van der Waals surface area contributed by atoms with Crippen LogP contribution in [0.4, 0.5) is 5.69 Å². The number of rotatable bonds is 1. The van der Waals surface area contributed by atoms with Gasteiger partial charge in [-0.05, 0) is 48.4 Å². The molecule has 1 heteroatoms. The number of nitrogen functional groups attached to an aromatic ring is 1. The number of benzene rings is 1. The molecule has 0 fully saturated rings. The van der Waals surface area contributed by atoms with Crippen LogP contribution in [0.2, 0.25) is 0 Å². The third kappa shape index (κ3) is 1.82. The minimum absolute atomic E-state index is 0.701. The fourth-order valence-electron chi connectivity index (χ4n) is 2.12. The molecule has 1 nitrogen and oxygen atoms in total. The highest BCUT2D eigenvalue weighted by atomic mass is 14.5. The van der Waals surface area contributed by atoms with E-state index in [0.717, 1.165) is 5.69 Å². The van der Waals surface area contributed by atoms with Crippen LogP contribution in [0.1, 0.15) is 31.7 Å². The van der Waals surface area contributed by atoms with Gasteiger partial charge in [0.1, 0.15) is 0 Å². The van der Waals surface area contributed by atoms with Gasteiger partial charge < -0.3 is 5.73 Å². The predicted octanol–water partition coefficient (Wildman–Crippen LogP) is 3.47. The number of hydrogen-bond donors (Lipinski definition) is 1. The fraction of sp³-hybridized carbons (Fsp3) is 0.385. The SMILES string of the molecule is CC1CCCC=C1c1ccc(N)cc1. The lowest BCUT2D eigenvalue weighted by Crippen LogP contribution is -2.03. The molecule has 14 heavy (non-hydrogen) atoms. The number of allylic oxidation sites excluding steroid dienone is 2. The molecule has 1 aliphatic carbocycles. The first-order chi connectivity index (χ1) is 6.77. The van der Waals surface area contributed by atoms with E-state index in [9.17, 15) is 0 Å². The van der Waals surface area contributed by atoms with Gasteiger partial charge in [-0.3, -0.25) is 0 Å². The lowest BCUT2D eigenvalue weighted by Gasteiger charge is -2.20. The van der Waals surface area contributed by atoms with Crippen LogP contribution in [0.15, 0.2) is 30.3 Å². The Bertz CT molecular complexity index is 335. The zero-order valence-corrected chi connectivity index (χ0v) is 8.66. The third-order valence-corrected chi connectivity index (χ3v) is 2.98. The van der Waals surface area contributed by atoms with Crippen molar-refractivity contribution in [1.82, 2.24) is 0 Å². The highest BCUT2D eigenvalue weighted by molar-refractivity contribution is 5.68. The van der Waals surface area contributed by atoms with Gasteiger partial charge in [-0.2, -0.15) is 0 Å². The van der Waals surface area contributed by atoms with E-state index in [1.165, 1.54) is 30.4 Å². The minimum atomic E-state index is 0.701. The summed E-state index contributed by atoms with van der Waals surface area (Å²) in [4.78, 5) is 0. The average molecular weight is 187 g/mol. The molecule has 0 heterocycles. The van der Waals surface area contributed by atoms with Gasteiger partial charge in [0.2, 0.25) is 0 Å². The molecule has 0 radical (unpaired) electrons. The van der Waals surface area contributed by atoms with E-state index in [4.69, 9.17) is 5.73 Å². The summed E-state index contributed by atoms with van der Waals surface area (Å²) in [6, 6.07) is 8.22. The molecule has 1 unspecified atom stereocenters. The van der Waals surface area contributed by atoms with Gasteiger partial charge in [0.05, 0.1) is 0 Å². The molecule has 1 aromatic carbocycles. The quantitative estimate of drug-likeness (QED) is 0.669. The van der Waals surface area contributed by atoms with Crippen molar-refractivity contribution in [3.63, 3.8) is 0 Å². The van der Waals surface area contributed by atoms with Crippen molar-refractivity contribution in [2.45, 2.75) is 26.2 Å². The van der Waals surface area contributed by atoms with Gasteiger partial charge in [0.25, 0.3) is 0 Å². The standard InChI is InChI=1S/C13H17N/c1-10-4-2-3-5-13(10)11-6-8-12(14)9-7-11/h5-10H,2-4,14H2,1H3. The number of hydrogen-bond acceptors (Lipinski definition) is 1. The Hall–Kier alpha value is -1.24. The van der Waals surface area contributed by atoms with Crippen molar-refractivity contribution in [3.05, 3.63) is 35.9 Å². The zero-order valence-electron chi connectivity index (χ0n) is 8.66. The summed E-state index contributed by atoms with van der Waals surface area (Å²) in [7, 11) is 0. The monoisotopic (exact) mass is 187 g/mol. The van der Waals surface area contributed by atoms with Crippen molar-refractivity contribution in [2.75, 3.05) is 5.73 Å². The Kier molecular flexibility index (Phi) is 2.58.